The van der Waals surface area contributed by atoms with Crippen molar-refractivity contribution in [2.75, 3.05) is 17.2 Å². The van der Waals surface area contributed by atoms with Gasteiger partial charge in [-0.2, -0.15) is 0 Å². The van der Waals surface area contributed by atoms with Crippen molar-refractivity contribution in [1.29, 1.82) is 0 Å². The van der Waals surface area contributed by atoms with E-state index in [9.17, 15) is 9.59 Å². The Labute approximate surface area is 205 Å². The number of pyridine rings is 1. The maximum absolute atomic E-state index is 12.9. The van der Waals surface area contributed by atoms with Gasteiger partial charge in [0.05, 0.1) is 5.69 Å². The van der Waals surface area contributed by atoms with Crippen LogP contribution in [-0.4, -0.2) is 33.3 Å². The molecule has 3 aromatic rings. The largest absolute Gasteiger partial charge is 0.352 e. The Bertz CT molecular complexity index is 1190. The monoisotopic (exact) mass is 470 g/mol. The fourth-order valence-corrected chi connectivity index (χ4v) is 4.24. The highest BCUT2D eigenvalue weighted by Crippen LogP contribution is 2.30. The van der Waals surface area contributed by atoms with Crippen molar-refractivity contribution >= 4 is 29.1 Å². The summed E-state index contributed by atoms with van der Waals surface area (Å²) in [7, 11) is 0. The Morgan fingerprint density at radius 3 is 2.69 bits per heavy atom. The predicted octanol–water partition coefficient (Wildman–Crippen LogP) is 4.64. The maximum atomic E-state index is 12.9. The molecule has 2 heterocycles. The lowest BCUT2D eigenvalue weighted by Crippen LogP contribution is -2.33. The minimum absolute atomic E-state index is 0.0291. The standard InChI is InChI=1S/C27H30N6O2/c1-3-25(34)30-16-19-7-9-20(10-8-19)26(35)31-22-11-6-18(2)24(15-22)33-27-29-14-12-23(32-27)21-5-4-13-28-17-21/h3-6,11-15,17,19-20H,1,7-10,16H2,2H3,(H,30,34)(H,31,35)(H,29,32,33)/t19-,20-. The number of nitrogens with one attached hydrogen (secondary N) is 3. The average molecular weight is 471 g/mol. The third-order valence-corrected chi connectivity index (χ3v) is 6.33. The molecule has 1 aromatic carbocycles. The number of rotatable bonds is 8. The van der Waals surface area contributed by atoms with Gasteiger partial charge in [-0.15, -0.1) is 0 Å². The quantitative estimate of drug-likeness (QED) is 0.414. The summed E-state index contributed by atoms with van der Waals surface area (Å²) >= 11 is 0. The number of hydrogen-bond donors (Lipinski definition) is 3. The minimum Gasteiger partial charge on any atom is -0.352 e. The van der Waals surface area contributed by atoms with Gasteiger partial charge in [-0.1, -0.05) is 12.6 Å². The number of benzene rings is 1. The molecule has 2 aromatic heterocycles. The van der Waals surface area contributed by atoms with Gasteiger partial charge in [-0.3, -0.25) is 14.6 Å². The number of amides is 2. The van der Waals surface area contributed by atoms with Crippen LogP contribution < -0.4 is 16.0 Å². The van der Waals surface area contributed by atoms with Crippen LogP contribution >= 0.6 is 0 Å². The molecule has 4 rings (SSSR count). The van der Waals surface area contributed by atoms with Crippen LogP contribution in [-0.2, 0) is 9.59 Å². The van der Waals surface area contributed by atoms with Crippen molar-refractivity contribution in [2.24, 2.45) is 11.8 Å². The fourth-order valence-electron chi connectivity index (χ4n) is 4.24. The average Bonchev–Trinajstić information content (AvgIpc) is 2.90. The summed E-state index contributed by atoms with van der Waals surface area (Å²) in [5.41, 5.74) is 4.26. The highest BCUT2D eigenvalue weighted by atomic mass is 16.2. The number of carbonyl (C=O) groups is 2. The van der Waals surface area contributed by atoms with Crippen LogP contribution in [0, 0.1) is 18.8 Å². The molecule has 180 valence electrons. The Balaban J connectivity index is 1.36. The Morgan fingerprint density at radius 1 is 1.11 bits per heavy atom. The SMILES string of the molecule is C=CC(=O)NC[C@H]1CC[C@H](C(=O)Nc2ccc(C)c(Nc3nccc(-c4cccnc4)n3)c2)CC1. The zero-order valence-corrected chi connectivity index (χ0v) is 19.8. The molecule has 1 aliphatic carbocycles. The van der Waals surface area contributed by atoms with Crippen molar-refractivity contribution in [3.05, 3.63) is 73.2 Å². The molecule has 0 aliphatic heterocycles. The Hall–Kier alpha value is -4.07. The molecule has 0 unspecified atom stereocenters. The molecule has 1 fully saturated rings. The van der Waals surface area contributed by atoms with Crippen LogP contribution in [0.5, 0.6) is 0 Å². The van der Waals surface area contributed by atoms with E-state index in [1.54, 1.807) is 18.6 Å². The molecule has 1 saturated carbocycles. The third-order valence-electron chi connectivity index (χ3n) is 6.33. The second-order valence-corrected chi connectivity index (χ2v) is 8.82. The zero-order valence-electron chi connectivity index (χ0n) is 19.8. The van der Waals surface area contributed by atoms with Crippen LogP contribution in [0.3, 0.4) is 0 Å². The molecule has 8 heteroatoms. The fraction of sp³-hybridized carbons (Fsp3) is 0.296. The summed E-state index contributed by atoms with van der Waals surface area (Å²) in [5, 5.41) is 9.19. The van der Waals surface area contributed by atoms with E-state index in [-0.39, 0.29) is 17.7 Å². The molecule has 3 N–H and O–H groups in total. The van der Waals surface area contributed by atoms with E-state index in [2.05, 4.69) is 37.5 Å². The molecule has 0 bridgehead atoms. The third kappa shape index (κ3) is 6.50. The maximum Gasteiger partial charge on any atom is 0.243 e. The van der Waals surface area contributed by atoms with E-state index in [0.29, 0.717) is 18.4 Å². The first-order chi connectivity index (χ1) is 17.0. The first-order valence-electron chi connectivity index (χ1n) is 11.8. The van der Waals surface area contributed by atoms with Gasteiger partial charge in [0, 0.05) is 48.0 Å². The van der Waals surface area contributed by atoms with Gasteiger partial charge < -0.3 is 16.0 Å². The van der Waals surface area contributed by atoms with Crippen LogP contribution in [0.4, 0.5) is 17.3 Å². The Morgan fingerprint density at radius 2 is 1.94 bits per heavy atom. The van der Waals surface area contributed by atoms with Crippen LogP contribution in [0.15, 0.2) is 67.6 Å². The van der Waals surface area contributed by atoms with Gasteiger partial charge in [0.2, 0.25) is 17.8 Å². The molecule has 0 saturated heterocycles. The van der Waals surface area contributed by atoms with Crippen molar-refractivity contribution < 1.29 is 9.59 Å². The highest BCUT2D eigenvalue weighted by molar-refractivity contribution is 5.93. The smallest absolute Gasteiger partial charge is 0.243 e. The molecular formula is C27H30N6O2. The number of carbonyl (C=O) groups excluding carboxylic acids is 2. The van der Waals surface area contributed by atoms with Gasteiger partial charge >= 0.3 is 0 Å². The number of nitrogens with zero attached hydrogens (tertiary/aromatic N) is 3. The van der Waals surface area contributed by atoms with Crippen molar-refractivity contribution in [3.8, 4) is 11.3 Å². The van der Waals surface area contributed by atoms with Crippen LogP contribution in [0.2, 0.25) is 0 Å². The van der Waals surface area contributed by atoms with Gasteiger partial charge in [-0.25, -0.2) is 9.97 Å². The number of hydrogen-bond acceptors (Lipinski definition) is 6. The second kappa shape index (κ2) is 11.4. The molecule has 0 atom stereocenters. The number of aromatic nitrogens is 3. The molecule has 2 amide bonds. The van der Waals surface area contributed by atoms with Gasteiger partial charge in [0.1, 0.15) is 0 Å². The summed E-state index contributed by atoms with van der Waals surface area (Å²) in [6, 6.07) is 11.4. The van der Waals surface area contributed by atoms with Crippen molar-refractivity contribution in [1.82, 2.24) is 20.3 Å². The molecular weight excluding hydrogens is 440 g/mol. The van der Waals surface area contributed by atoms with Crippen LogP contribution in [0.1, 0.15) is 31.2 Å². The lowest BCUT2D eigenvalue weighted by atomic mass is 9.81. The van der Waals surface area contributed by atoms with Crippen molar-refractivity contribution in [3.63, 3.8) is 0 Å². The number of anilines is 3. The van der Waals surface area contributed by atoms with E-state index in [0.717, 1.165) is 53.9 Å². The van der Waals surface area contributed by atoms with E-state index in [4.69, 9.17) is 0 Å². The lowest BCUT2D eigenvalue weighted by Gasteiger charge is -2.27. The molecule has 35 heavy (non-hydrogen) atoms. The highest BCUT2D eigenvalue weighted by Gasteiger charge is 2.26. The molecule has 0 radical (unpaired) electrons. The summed E-state index contributed by atoms with van der Waals surface area (Å²) in [6.07, 6.45) is 9.94. The topological polar surface area (TPSA) is 109 Å². The second-order valence-electron chi connectivity index (χ2n) is 8.82. The zero-order chi connectivity index (χ0) is 24.6. The summed E-state index contributed by atoms with van der Waals surface area (Å²) in [6.45, 7) is 6.10. The summed E-state index contributed by atoms with van der Waals surface area (Å²) < 4.78 is 0. The molecule has 8 nitrogen and oxygen atoms in total. The van der Waals surface area contributed by atoms with Gasteiger partial charge in [0.25, 0.3) is 0 Å². The number of aryl methyl sites for hydroxylation is 1. The van der Waals surface area contributed by atoms with E-state index in [1.165, 1.54) is 6.08 Å². The van der Waals surface area contributed by atoms with Gasteiger partial charge in [-0.05, 0) is 80.5 Å². The Kier molecular flexibility index (Phi) is 7.82. The van der Waals surface area contributed by atoms with E-state index >= 15 is 0 Å². The predicted molar refractivity (Wildman–Crippen MR) is 137 cm³/mol. The molecule has 0 spiro atoms. The van der Waals surface area contributed by atoms with E-state index < -0.39 is 0 Å². The lowest BCUT2D eigenvalue weighted by molar-refractivity contribution is -0.121. The first-order valence-corrected chi connectivity index (χ1v) is 11.8. The van der Waals surface area contributed by atoms with Gasteiger partial charge in [0.15, 0.2) is 0 Å². The van der Waals surface area contributed by atoms with E-state index in [1.807, 2.05) is 43.3 Å². The first kappa shape index (κ1) is 24.1. The minimum atomic E-state index is -0.150. The molecule has 1 aliphatic rings. The van der Waals surface area contributed by atoms with Crippen molar-refractivity contribution in [2.45, 2.75) is 32.6 Å². The van der Waals surface area contributed by atoms with Crippen LogP contribution in [0.25, 0.3) is 11.3 Å². The summed E-state index contributed by atoms with van der Waals surface area (Å²) in [4.78, 5) is 37.4. The summed E-state index contributed by atoms with van der Waals surface area (Å²) in [5.74, 6) is 0.727. The normalized spacial score (nSPS) is 17.3.